The van der Waals surface area contributed by atoms with Crippen molar-refractivity contribution in [2.45, 2.75) is 6.42 Å². The Morgan fingerprint density at radius 3 is 1.80 bits per heavy atom. The maximum absolute atomic E-state index is 10.9. The molecule has 0 N–H and O–H groups in total. The summed E-state index contributed by atoms with van der Waals surface area (Å²) in [6, 6.07) is 31.0. The average Bonchev–Trinajstić information content (AvgIpc) is 3.07. The molecule has 1 aliphatic carbocycles. The fourth-order valence-corrected chi connectivity index (χ4v) is 3.43. The summed E-state index contributed by atoms with van der Waals surface area (Å²) in [5.74, 6) is 0. The first-order valence-corrected chi connectivity index (χ1v) is 8.46. The third-order valence-corrected chi connectivity index (χ3v) is 4.67. The Morgan fingerprint density at radius 2 is 1.16 bits per heavy atom. The van der Waals surface area contributed by atoms with Crippen LogP contribution < -0.4 is 0 Å². The van der Waals surface area contributed by atoms with E-state index in [1.807, 2.05) is 24.3 Å². The standard InChI is InChI=1S/C14H10O.C10H8/c15-9-11-5-3-7-13-12-6-2-1-4-10(12)8-14(11)13;1-2-6-10-8-4-3-7-9(10)5-1/h1-7,9H,8H2;1-8H. The Bertz CT molecular complexity index is 981. The Morgan fingerprint density at radius 1 is 0.600 bits per heavy atom. The van der Waals surface area contributed by atoms with Crippen LogP contribution >= 0.6 is 0 Å². The fourth-order valence-electron chi connectivity index (χ4n) is 3.43. The Balaban J connectivity index is 0.000000136. The summed E-state index contributed by atoms with van der Waals surface area (Å²) >= 11 is 0. The van der Waals surface area contributed by atoms with E-state index in [0.29, 0.717) is 0 Å². The van der Waals surface area contributed by atoms with Gasteiger partial charge in [-0.1, -0.05) is 91.0 Å². The van der Waals surface area contributed by atoms with Crippen LogP contribution in [-0.2, 0) is 6.42 Å². The second-order valence-electron chi connectivity index (χ2n) is 6.17. The summed E-state index contributed by atoms with van der Waals surface area (Å²) in [6.45, 7) is 0. The highest BCUT2D eigenvalue weighted by molar-refractivity contribution is 5.87. The van der Waals surface area contributed by atoms with Gasteiger partial charge in [0.05, 0.1) is 0 Å². The molecule has 25 heavy (non-hydrogen) atoms. The van der Waals surface area contributed by atoms with Crippen LogP contribution in [0.15, 0.2) is 91.0 Å². The second-order valence-corrected chi connectivity index (χ2v) is 6.17. The Labute approximate surface area is 147 Å². The molecular weight excluding hydrogens is 304 g/mol. The highest BCUT2D eigenvalue weighted by Gasteiger charge is 2.19. The summed E-state index contributed by atoms with van der Waals surface area (Å²) in [7, 11) is 0. The van der Waals surface area contributed by atoms with Gasteiger partial charge < -0.3 is 0 Å². The first kappa shape index (κ1) is 15.3. The molecule has 0 aliphatic heterocycles. The molecule has 1 aliphatic rings. The zero-order valence-electron chi connectivity index (χ0n) is 13.9. The van der Waals surface area contributed by atoms with Crippen LogP contribution in [0.1, 0.15) is 21.5 Å². The third-order valence-electron chi connectivity index (χ3n) is 4.67. The largest absolute Gasteiger partial charge is 0.298 e. The summed E-state index contributed by atoms with van der Waals surface area (Å²) in [5, 5.41) is 2.62. The number of aldehydes is 1. The molecule has 4 aromatic rings. The van der Waals surface area contributed by atoms with Crippen molar-refractivity contribution in [3.05, 3.63) is 108 Å². The van der Waals surface area contributed by atoms with E-state index in [9.17, 15) is 4.79 Å². The van der Waals surface area contributed by atoms with Crippen molar-refractivity contribution in [2.24, 2.45) is 0 Å². The van der Waals surface area contributed by atoms with Crippen molar-refractivity contribution in [2.75, 3.05) is 0 Å². The van der Waals surface area contributed by atoms with Gasteiger partial charge in [0.1, 0.15) is 6.29 Å². The molecule has 120 valence electrons. The average molecular weight is 322 g/mol. The van der Waals surface area contributed by atoms with Gasteiger partial charge in [-0.25, -0.2) is 0 Å². The van der Waals surface area contributed by atoms with Gasteiger partial charge in [-0.05, 0) is 39.4 Å². The molecule has 0 saturated carbocycles. The number of carbonyl (C=O) groups is 1. The summed E-state index contributed by atoms with van der Waals surface area (Å²) < 4.78 is 0. The highest BCUT2D eigenvalue weighted by atomic mass is 16.1. The second kappa shape index (κ2) is 6.74. The molecule has 0 radical (unpaired) electrons. The van der Waals surface area contributed by atoms with Gasteiger partial charge >= 0.3 is 0 Å². The number of hydrogen-bond donors (Lipinski definition) is 0. The predicted molar refractivity (Wildman–Crippen MR) is 104 cm³/mol. The van der Waals surface area contributed by atoms with E-state index in [4.69, 9.17) is 0 Å². The van der Waals surface area contributed by atoms with E-state index in [1.54, 1.807) is 0 Å². The lowest BCUT2D eigenvalue weighted by Gasteiger charge is -2.01. The van der Waals surface area contributed by atoms with Gasteiger partial charge in [0.15, 0.2) is 0 Å². The number of rotatable bonds is 1. The van der Waals surface area contributed by atoms with Crippen molar-refractivity contribution in [1.82, 2.24) is 0 Å². The first-order chi connectivity index (χ1) is 12.4. The minimum absolute atomic E-state index is 0.823. The molecular formula is C24H18O. The van der Waals surface area contributed by atoms with Crippen LogP contribution in [0, 0.1) is 0 Å². The molecule has 0 saturated heterocycles. The van der Waals surface area contributed by atoms with E-state index in [0.717, 1.165) is 18.3 Å². The molecule has 0 atom stereocenters. The number of carbonyl (C=O) groups excluding carboxylic acids is 1. The molecule has 0 amide bonds. The lowest BCUT2D eigenvalue weighted by atomic mass is 10.0. The van der Waals surface area contributed by atoms with Gasteiger partial charge in [-0.3, -0.25) is 4.79 Å². The molecule has 1 heteroatoms. The van der Waals surface area contributed by atoms with Crippen LogP contribution in [0.4, 0.5) is 0 Å². The zero-order valence-corrected chi connectivity index (χ0v) is 13.9. The molecule has 0 aromatic heterocycles. The minimum atomic E-state index is 0.823. The molecule has 0 heterocycles. The van der Waals surface area contributed by atoms with Crippen molar-refractivity contribution in [3.8, 4) is 11.1 Å². The minimum Gasteiger partial charge on any atom is -0.298 e. The maximum atomic E-state index is 10.9. The predicted octanol–water partition coefficient (Wildman–Crippen LogP) is 5.91. The van der Waals surface area contributed by atoms with Crippen LogP contribution in [0.25, 0.3) is 21.9 Å². The van der Waals surface area contributed by atoms with E-state index in [2.05, 4.69) is 66.7 Å². The molecule has 0 bridgehead atoms. The molecule has 0 unspecified atom stereocenters. The molecule has 4 aromatic carbocycles. The topological polar surface area (TPSA) is 17.1 Å². The Kier molecular flexibility index (Phi) is 4.14. The van der Waals surface area contributed by atoms with Gasteiger partial charge in [0, 0.05) is 5.56 Å². The van der Waals surface area contributed by atoms with Gasteiger partial charge in [-0.2, -0.15) is 0 Å². The smallest absolute Gasteiger partial charge is 0.150 e. The summed E-state index contributed by atoms with van der Waals surface area (Å²) in [5.41, 5.74) is 5.81. The van der Waals surface area contributed by atoms with Crippen LogP contribution in [0.5, 0.6) is 0 Å². The molecule has 5 rings (SSSR count). The fraction of sp³-hybridized carbons (Fsp3) is 0.0417. The van der Waals surface area contributed by atoms with Crippen molar-refractivity contribution in [3.63, 3.8) is 0 Å². The monoisotopic (exact) mass is 322 g/mol. The quantitative estimate of drug-likeness (QED) is 0.351. The number of fused-ring (bicyclic) bond motifs is 4. The lowest BCUT2D eigenvalue weighted by Crippen LogP contribution is -1.89. The third kappa shape index (κ3) is 2.97. The summed E-state index contributed by atoms with van der Waals surface area (Å²) in [4.78, 5) is 10.9. The maximum Gasteiger partial charge on any atom is 0.150 e. The van der Waals surface area contributed by atoms with Gasteiger partial charge in [0.25, 0.3) is 0 Å². The van der Waals surface area contributed by atoms with Crippen LogP contribution in [0.2, 0.25) is 0 Å². The first-order valence-electron chi connectivity index (χ1n) is 8.46. The SMILES string of the molecule is O=Cc1cccc2c1Cc1ccccc1-2.c1ccc2ccccc2c1. The molecule has 0 spiro atoms. The molecule has 1 nitrogen and oxygen atoms in total. The number of benzene rings is 4. The highest BCUT2D eigenvalue weighted by Crippen LogP contribution is 2.37. The van der Waals surface area contributed by atoms with Crippen molar-refractivity contribution in [1.29, 1.82) is 0 Å². The van der Waals surface area contributed by atoms with E-state index in [-0.39, 0.29) is 0 Å². The van der Waals surface area contributed by atoms with E-state index in [1.165, 1.54) is 33.0 Å². The number of hydrogen-bond acceptors (Lipinski definition) is 1. The molecule has 0 fully saturated rings. The lowest BCUT2D eigenvalue weighted by molar-refractivity contribution is 0.112. The van der Waals surface area contributed by atoms with Crippen molar-refractivity contribution < 1.29 is 4.79 Å². The van der Waals surface area contributed by atoms with Crippen molar-refractivity contribution >= 4 is 17.1 Å². The van der Waals surface area contributed by atoms with Gasteiger partial charge in [-0.15, -0.1) is 0 Å². The van der Waals surface area contributed by atoms with Crippen LogP contribution in [0.3, 0.4) is 0 Å². The Hall–Kier alpha value is -3.19. The van der Waals surface area contributed by atoms with Crippen LogP contribution in [-0.4, -0.2) is 6.29 Å². The van der Waals surface area contributed by atoms with Gasteiger partial charge in [0.2, 0.25) is 0 Å². The summed E-state index contributed by atoms with van der Waals surface area (Å²) in [6.07, 6.45) is 1.84. The zero-order chi connectivity index (χ0) is 17.1. The van der Waals surface area contributed by atoms with E-state index >= 15 is 0 Å². The normalized spacial score (nSPS) is 11.2. The van der Waals surface area contributed by atoms with E-state index < -0.39 is 0 Å².